The molecule has 0 radical (unpaired) electrons. The molecule has 19 heteroatoms. The van der Waals surface area contributed by atoms with Crippen LogP contribution in [0.25, 0.3) is 0 Å². The molecule has 0 rings (SSSR count). The summed E-state index contributed by atoms with van der Waals surface area (Å²) >= 11 is 0. The zero-order chi connectivity index (χ0) is 64.7. The van der Waals surface area contributed by atoms with Crippen molar-refractivity contribution in [3.8, 4) is 0 Å². The van der Waals surface area contributed by atoms with Gasteiger partial charge in [-0.2, -0.15) is 0 Å². The lowest BCUT2D eigenvalue weighted by Gasteiger charge is -2.21. The highest BCUT2D eigenvalue weighted by Crippen LogP contribution is 2.45. The van der Waals surface area contributed by atoms with Crippen molar-refractivity contribution in [3.05, 3.63) is 0 Å². The normalized spacial score (nSPS) is 14.6. The van der Waals surface area contributed by atoms with Crippen LogP contribution in [0.1, 0.15) is 331 Å². The first kappa shape index (κ1) is 85.1. The van der Waals surface area contributed by atoms with Gasteiger partial charge < -0.3 is 33.8 Å². The molecular weight excluding hydrogens is 1150 g/mol. The van der Waals surface area contributed by atoms with Crippen molar-refractivity contribution < 1.29 is 80.2 Å². The summed E-state index contributed by atoms with van der Waals surface area (Å²) in [5, 5.41) is 10.6. The van der Waals surface area contributed by atoms with Crippen molar-refractivity contribution >= 4 is 39.5 Å². The van der Waals surface area contributed by atoms with Crippen molar-refractivity contribution in [2.45, 2.75) is 350 Å². The Kier molecular flexibility index (Phi) is 56.6. The van der Waals surface area contributed by atoms with Gasteiger partial charge in [0.2, 0.25) is 0 Å². The molecule has 4 unspecified atom stereocenters. The fraction of sp³-hybridized carbons (Fsp3) is 0.941. The lowest BCUT2D eigenvalue weighted by molar-refractivity contribution is -0.161. The third kappa shape index (κ3) is 61.3. The van der Waals surface area contributed by atoms with E-state index in [1.54, 1.807) is 0 Å². The summed E-state index contributed by atoms with van der Waals surface area (Å²) in [6.07, 6.45) is 38.9. The molecule has 0 bridgehead atoms. The Bertz CT molecular complexity index is 1730. The number of aliphatic hydroxyl groups excluding tert-OH is 1. The van der Waals surface area contributed by atoms with Crippen molar-refractivity contribution in [1.82, 2.24) is 0 Å². The number of esters is 4. The maximum atomic E-state index is 13.0. The molecule has 516 valence electrons. The number of rotatable bonds is 65. The maximum absolute atomic E-state index is 13.0. The Morgan fingerprint density at radius 2 is 0.552 bits per heavy atom. The molecule has 0 aliphatic carbocycles. The van der Waals surface area contributed by atoms with Crippen molar-refractivity contribution in [2.75, 3.05) is 39.6 Å². The molecule has 0 aromatic heterocycles. The van der Waals surface area contributed by atoms with Crippen LogP contribution in [0.4, 0.5) is 0 Å². The summed E-state index contributed by atoms with van der Waals surface area (Å²) in [7, 11) is -9.90. The van der Waals surface area contributed by atoms with E-state index in [9.17, 15) is 43.2 Å². The van der Waals surface area contributed by atoms with Gasteiger partial charge in [0, 0.05) is 25.7 Å². The van der Waals surface area contributed by atoms with Gasteiger partial charge in [-0.05, 0) is 49.4 Å². The number of phosphoric acid groups is 2. The molecule has 0 aliphatic heterocycles. The number of aliphatic hydroxyl groups is 1. The highest BCUT2D eigenvalue weighted by Gasteiger charge is 2.30. The van der Waals surface area contributed by atoms with Crippen LogP contribution in [0.3, 0.4) is 0 Å². The molecule has 0 saturated carbocycles. The van der Waals surface area contributed by atoms with E-state index in [0.29, 0.717) is 31.6 Å². The Morgan fingerprint density at radius 3 is 0.816 bits per heavy atom. The first-order valence-electron chi connectivity index (χ1n) is 35.2. The highest BCUT2D eigenvalue weighted by atomic mass is 31.2. The van der Waals surface area contributed by atoms with Crippen molar-refractivity contribution in [2.24, 2.45) is 23.7 Å². The van der Waals surface area contributed by atoms with Gasteiger partial charge in [-0.15, -0.1) is 0 Å². The molecular formula is C68H132O17P2. The number of carbonyl (C=O) groups is 4. The molecule has 0 spiro atoms. The molecule has 87 heavy (non-hydrogen) atoms. The maximum Gasteiger partial charge on any atom is 0.472 e. The van der Waals surface area contributed by atoms with Gasteiger partial charge in [0.1, 0.15) is 19.3 Å². The lowest BCUT2D eigenvalue weighted by atomic mass is 9.99. The van der Waals surface area contributed by atoms with E-state index in [1.807, 2.05) is 0 Å². The predicted octanol–water partition coefficient (Wildman–Crippen LogP) is 18.9. The minimum Gasteiger partial charge on any atom is -0.462 e. The topological polar surface area (TPSA) is 237 Å². The molecule has 6 atom stereocenters. The number of hydrogen-bond acceptors (Lipinski definition) is 15. The molecule has 0 aromatic carbocycles. The summed E-state index contributed by atoms with van der Waals surface area (Å²) < 4.78 is 68.2. The number of unbranched alkanes of at least 4 members (excludes halogenated alkanes) is 30. The van der Waals surface area contributed by atoms with Crippen molar-refractivity contribution in [3.63, 3.8) is 0 Å². The number of hydrogen-bond donors (Lipinski definition) is 3. The Balaban J connectivity index is 5.27. The number of phosphoric ester groups is 2. The van der Waals surface area contributed by atoms with E-state index in [2.05, 4.69) is 55.4 Å². The highest BCUT2D eigenvalue weighted by molar-refractivity contribution is 7.47. The van der Waals surface area contributed by atoms with Gasteiger partial charge in [-0.3, -0.25) is 37.3 Å². The molecule has 0 amide bonds. The number of carbonyl (C=O) groups excluding carboxylic acids is 4. The quantitative estimate of drug-likeness (QED) is 0.0222. The molecule has 0 aliphatic rings. The van der Waals surface area contributed by atoms with Crippen LogP contribution in [-0.2, 0) is 65.4 Å². The standard InChI is InChI=1S/C68H132O17P2/c1-9-61(8)47-39-31-23-17-18-26-35-43-51-68(73)85-64(55-79-66(71)49-41-33-27-19-22-30-38-46-60(6)7)57-83-87(76,77)81-53-62(69)52-80-86(74,75)82-56-63(54-78-65(70)48-40-32-24-16-12-14-21-29-37-45-59(4)5)84-67(72)50-42-34-25-15-11-10-13-20-28-36-44-58(2)3/h58-64,69H,9-57H2,1-8H3,(H,74,75)(H,76,77)/t61?,62?,63-,64-/m1/s1. The second-order valence-corrected chi connectivity index (χ2v) is 29.1. The van der Waals surface area contributed by atoms with E-state index >= 15 is 0 Å². The second-order valence-electron chi connectivity index (χ2n) is 26.2. The summed E-state index contributed by atoms with van der Waals surface area (Å²) in [6, 6.07) is 0. The van der Waals surface area contributed by atoms with Gasteiger partial charge in [-0.1, -0.05) is 280 Å². The third-order valence-electron chi connectivity index (χ3n) is 15.9. The van der Waals surface area contributed by atoms with Crippen LogP contribution in [0.5, 0.6) is 0 Å². The Labute approximate surface area is 530 Å². The van der Waals surface area contributed by atoms with Crippen LogP contribution in [0.15, 0.2) is 0 Å². The van der Waals surface area contributed by atoms with Crippen LogP contribution >= 0.6 is 15.6 Å². The van der Waals surface area contributed by atoms with E-state index in [-0.39, 0.29) is 25.7 Å². The molecule has 0 heterocycles. The SMILES string of the molecule is CCC(C)CCCCCCCCCCC(=O)O[C@H](COC(=O)CCCCCCCCCC(C)C)COP(=O)(O)OCC(O)COP(=O)(O)OC[C@@H](COC(=O)CCCCCCCCCCCC(C)C)OC(=O)CCCCCCCCCCCCC(C)C. The minimum absolute atomic E-state index is 0.104. The van der Waals surface area contributed by atoms with Gasteiger partial charge in [0.25, 0.3) is 0 Å². The zero-order valence-electron chi connectivity index (χ0n) is 56.6. The van der Waals surface area contributed by atoms with Gasteiger partial charge in [0.05, 0.1) is 26.4 Å². The average Bonchev–Trinajstić information content (AvgIpc) is 3.49. The van der Waals surface area contributed by atoms with E-state index in [1.165, 1.54) is 128 Å². The zero-order valence-corrected chi connectivity index (χ0v) is 58.4. The monoisotopic (exact) mass is 1280 g/mol. The lowest BCUT2D eigenvalue weighted by Crippen LogP contribution is -2.30. The number of ether oxygens (including phenoxy) is 4. The fourth-order valence-corrected chi connectivity index (χ4v) is 11.7. The fourth-order valence-electron chi connectivity index (χ4n) is 10.1. The minimum atomic E-state index is -4.95. The van der Waals surface area contributed by atoms with Crippen LogP contribution in [0.2, 0.25) is 0 Å². The summed E-state index contributed by atoms with van der Waals surface area (Å²) in [6.45, 7) is 14.0. The summed E-state index contributed by atoms with van der Waals surface area (Å²) in [5.41, 5.74) is 0. The predicted molar refractivity (Wildman–Crippen MR) is 349 cm³/mol. The third-order valence-corrected chi connectivity index (χ3v) is 17.8. The van der Waals surface area contributed by atoms with Crippen LogP contribution in [-0.4, -0.2) is 96.7 Å². The average molecular weight is 1280 g/mol. The van der Waals surface area contributed by atoms with Crippen LogP contribution < -0.4 is 0 Å². The van der Waals surface area contributed by atoms with Crippen molar-refractivity contribution in [1.29, 1.82) is 0 Å². The first-order chi connectivity index (χ1) is 41.6. The molecule has 0 aromatic rings. The van der Waals surface area contributed by atoms with Crippen LogP contribution in [0, 0.1) is 23.7 Å². The van der Waals surface area contributed by atoms with E-state index in [4.69, 9.17) is 37.0 Å². The molecule has 17 nitrogen and oxygen atoms in total. The molecule has 0 saturated heterocycles. The second kappa shape index (κ2) is 57.9. The smallest absolute Gasteiger partial charge is 0.462 e. The summed E-state index contributed by atoms with van der Waals surface area (Å²) in [5.74, 6) is 0.836. The molecule has 3 N–H and O–H groups in total. The Morgan fingerprint density at radius 1 is 0.322 bits per heavy atom. The van der Waals surface area contributed by atoms with E-state index < -0.39 is 97.5 Å². The largest absolute Gasteiger partial charge is 0.472 e. The van der Waals surface area contributed by atoms with Gasteiger partial charge >= 0.3 is 39.5 Å². The molecule has 0 fully saturated rings. The Hall–Kier alpha value is -1.94. The first-order valence-corrected chi connectivity index (χ1v) is 38.2. The van der Waals surface area contributed by atoms with E-state index in [0.717, 1.165) is 114 Å². The van der Waals surface area contributed by atoms with Gasteiger partial charge in [0.15, 0.2) is 12.2 Å². The van der Waals surface area contributed by atoms with Gasteiger partial charge in [-0.25, -0.2) is 9.13 Å². The summed E-state index contributed by atoms with van der Waals surface area (Å²) in [4.78, 5) is 72.4.